The van der Waals surface area contributed by atoms with Crippen LogP contribution in [0.4, 0.5) is 0 Å². The smallest absolute Gasteiger partial charge is 0.0669 e. The molecule has 0 radical (unpaired) electrons. The summed E-state index contributed by atoms with van der Waals surface area (Å²) >= 11 is 0. The van der Waals surface area contributed by atoms with Gasteiger partial charge in [0.1, 0.15) is 0 Å². The Bertz CT molecular complexity index is 191. The summed E-state index contributed by atoms with van der Waals surface area (Å²) in [7, 11) is 0. The van der Waals surface area contributed by atoms with E-state index in [9.17, 15) is 0 Å². The Balaban J connectivity index is 2.12. The minimum absolute atomic E-state index is 0.0971. The lowest BCUT2D eigenvalue weighted by molar-refractivity contribution is -0.108. The second-order valence-corrected chi connectivity index (χ2v) is 4.93. The van der Waals surface area contributed by atoms with E-state index in [-0.39, 0.29) is 5.60 Å². The van der Waals surface area contributed by atoms with Crippen molar-refractivity contribution < 1.29 is 4.74 Å². The van der Waals surface area contributed by atoms with Gasteiger partial charge < -0.3 is 10.1 Å². The third-order valence-corrected chi connectivity index (χ3v) is 3.89. The van der Waals surface area contributed by atoms with Crippen LogP contribution in [0.1, 0.15) is 33.6 Å². The summed E-state index contributed by atoms with van der Waals surface area (Å²) in [6, 6.07) is 0.744. The zero-order valence-corrected chi connectivity index (χ0v) is 8.97. The van der Waals surface area contributed by atoms with E-state index >= 15 is 0 Å². The Kier molecular flexibility index (Phi) is 2.37. The summed E-state index contributed by atoms with van der Waals surface area (Å²) in [6.45, 7) is 8.86. The molecule has 0 aromatic rings. The molecule has 2 aliphatic heterocycles. The number of fused-ring (bicyclic) bond motifs is 1. The molecule has 2 fully saturated rings. The van der Waals surface area contributed by atoms with Crippen LogP contribution in [0, 0.1) is 11.8 Å². The van der Waals surface area contributed by atoms with Crippen LogP contribution in [0.2, 0.25) is 0 Å². The van der Waals surface area contributed by atoms with Crippen molar-refractivity contribution in [1.82, 2.24) is 5.32 Å². The quantitative estimate of drug-likeness (QED) is 0.669. The maximum Gasteiger partial charge on any atom is 0.0669 e. The molecule has 0 aliphatic carbocycles. The van der Waals surface area contributed by atoms with Gasteiger partial charge in [-0.3, -0.25) is 0 Å². The van der Waals surface area contributed by atoms with E-state index in [0.717, 1.165) is 31.0 Å². The normalized spacial score (nSPS) is 43.2. The molecule has 0 aromatic heterocycles. The fraction of sp³-hybridized carbons (Fsp3) is 1.00. The highest BCUT2D eigenvalue weighted by Crippen LogP contribution is 2.40. The standard InChI is InChI=1S/C11H21NO/c1-4-10-8-5-6-13-11(2,3)9(8)7-12-10/h8-10,12H,4-7H2,1-3H3. The number of ether oxygens (including phenoxy) is 1. The molecule has 2 rings (SSSR count). The van der Waals surface area contributed by atoms with Crippen LogP contribution in [0.3, 0.4) is 0 Å². The molecule has 0 spiro atoms. The molecule has 0 bridgehead atoms. The molecule has 13 heavy (non-hydrogen) atoms. The van der Waals surface area contributed by atoms with Gasteiger partial charge in [-0.15, -0.1) is 0 Å². The summed E-state index contributed by atoms with van der Waals surface area (Å²) < 4.78 is 5.83. The van der Waals surface area contributed by atoms with Crippen molar-refractivity contribution >= 4 is 0 Å². The number of hydrogen-bond acceptors (Lipinski definition) is 2. The topological polar surface area (TPSA) is 21.3 Å². The summed E-state index contributed by atoms with van der Waals surface area (Å²) in [5.74, 6) is 1.58. The highest BCUT2D eigenvalue weighted by molar-refractivity contribution is 4.99. The monoisotopic (exact) mass is 183 g/mol. The molecular formula is C11H21NO. The third kappa shape index (κ3) is 1.50. The number of nitrogens with one attached hydrogen (secondary N) is 1. The summed E-state index contributed by atoms with van der Waals surface area (Å²) in [5.41, 5.74) is 0.0971. The average Bonchev–Trinajstić information content (AvgIpc) is 2.48. The molecule has 2 heteroatoms. The highest BCUT2D eigenvalue weighted by atomic mass is 16.5. The van der Waals surface area contributed by atoms with Crippen LogP contribution in [0.5, 0.6) is 0 Å². The van der Waals surface area contributed by atoms with Crippen molar-refractivity contribution in [3.8, 4) is 0 Å². The van der Waals surface area contributed by atoms with Crippen molar-refractivity contribution in [1.29, 1.82) is 0 Å². The molecule has 1 N–H and O–H groups in total. The largest absolute Gasteiger partial charge is 0.375 e. The molecule has 0 amide bonds. The van der Waals surface area contributed by atoms with Gasteiger partial charge >= 0.3 is 0 Å². The van der Waals surface area contributed by atoms with E-state index in [4.69, 9.17) is 4.74 Å². The molecule has 0 aromatic carbocycles. The minimum Gasteiger partial charge on any atom is -0.375 e. The van der Waals surface area contributed by atoms with Gasteiger partial charge in [-0.2, -0.15) is 0 Å². The van der Waals surface area contributed by atoms with Crippen molar-refractivity contribution in [2.45, 2.75) is 45.3 Å². The van der Waals surface area contributed by atoms with Gasteiger partial charge in [-0.1, -0.05) is 6.92 Å². The van der Waals surface area contributed by atoms with E-state index in [2.05, 4.69) is 26.1 Å². The van der Waals surface area contributed by atoms with Gasteiger partial charge in [0.15, 0.2) is 0 Å². The first kappa shape index (κ1) is 9.47. The molecule has 2 aliphatic rings. The van der Waals surface area contributed by atoms with Crippen molar-refractivity contribution in [2.75, 3.05) is 13.2 Å². The van der Waals surface area contributed by atoms with E-state index in [1.807, 2.05) is 0 Å². The van der Waals surface area contributed by atoms with Gasteiger partial charge in [0.05, 0.1) is 5.60 Å². The second-order valence-electron chi connectivity index (χ2n) is 4.93. The first-order valence-electron chi connectivity index (χ1n) is 5.52. The summed E-state index contributed by atoms with van der Waals surface area (Å²) in [5, 5.41) is 3.62. The first-order valence-corrected chi connectivity index (χ1v) is 5.52. The lowest BCUT2D eigenvalue weighted by Gasteiger charge is -2.41. The molecule has 2 nitrogen and oxygen atoms in total. The Hall–Kier alpha value is -0.0800. The van der Waals surface area contributed by atoms with Crippen LogP contribution in [0.15, 0.2) is 0 Å². The number of hydrogen-bond donors (Lipinski definition) is 1. The fourth-order valence-corrected chi connectivity index (χ4v) is 3.04. The molecule has 0 saturated carbocycles. The molecule has 2 saturated heterocycles. The van der Waals surface area contributed by atoms with E-state index in [1.54, 1.807) is 0 Å². The van der Waals surface area contributed by atoms with Gasteiger partial charge in [0, 0.05) is 25.1 Å². The number of rotatable bonds is 1. The third-order valence-electron chi connectivity index (χ3n) is 3.89. The van der Waals surface area contributed by atoms with Crippen LogP contribution >= 0.6 is 0 Å². The molecule has 3 unspecified atom stereocenters. The predicted molar refractivity (Wildman–Crippen MR) is 53.7 cm³/mol. The summed E-state index contributed by atoms with van der Waals surface area (Å²) in [6.07, 6.45) is 2.51. The molecule has 2 heterocycles. The molecular weight excluding hydrogens is 162 g/mol. The maximum atomic E-state index is 5.83. The molecule has 3 atom stereocenters. The zero-order chi connectivity index (χ0) is 9.47. The first-order chi connectivity index (χ1) is 6.15. The fourth-order valence-electron chi connectivity index (χ4n) is 3.04. The lowest BCUT2D eigenvalue weighted by atomic mass is 9.76. The van der Waals surface area contributed by atoms with E-state index < -0.39 is 0 Å². The maximum absolute atomic E-state index is 5.83. The van der Waals surface area contributed by atoms with Gasteiger partial charge in [-0.25, -0.2) is 0 Å². The Labute approximate surface area is 81.0 Å². The summed E-state index contributed by atoms with van der Waals surface area (Å²) in [4.78, 5) is 0. The van der Waals surface area contributed by atoms with Crippen LogP contribution < -0.4 is 5.32 Å². The second kappa shape index (κ2) is 3.25. The average molecular weight is 183 g/mol. The lowest BCUT2D eigenvalue weighted by Crippen LogP contribution is -2.44. The Morgan fingerprint density at radius 1 is 1.46 bits per heavy atom. The Morgan fingerprint density at radius 2 is 2.23 bits per heavy atom. The van der Waals surface area contributed by atoms with E-state index in [1.165, 1.54) is 12.8 Å². The van der Waals surface area contributed by atoms with Crippen molar-refractivity contribution in [2.24, 2.45) is 11.8 Å². The highest BCUT2D eigenvalue weighted by Gasteiger charge is 2.46. The van der Waals surface area contributed by atoms with E-state index in [0.29, 0.717) is 0 Å². The Morgan fingerprint density at radius 3 is 2.92 bits per heavy atom. The van der Waals surface area contributed by atoms with Crippen LogP contribution in [-0.4, -0.2) is 24.8 Å². The minimum atomic E-state index is 0.0971. The predicted octanol–water partition coefficient (Wildman–Crippen LogP) is 1.80. The van der Waals surface area contributed by atoms with Crippen molar-refractivity contribution in [3.05, 3.63) is 0 Å². The van der Waals surface area contributed by atoms with Gasteiger partial charge in [0.2, 0.25) is 0 Å². The van der Waals surface area contributed by atoms with Crippen LogP contribution in [0.25, 0.3) is 0 Å². The van der Waals surface area contributed by atoms with Crippen molar-refractivity contribution in [3.63, 3.8) is 0 Å². The SMILES string of the molecule is CCC1NCC2C1CCOC2(C)C. The zero-order valence-electron chi connectivity index (χ0n) is 8.97. The van der Waals surface area contributed by atoms with Gasteiger partial charge in [0.25, 0.3) is 0 Å². The van der Waals surface area contributed by atoms with Gasteiger partial charge in [-0.05, 0) is 32.6 Å². The molecule has 76 valence electrons. The van der Waals surface area contributed by atoms with Crippen LogP contribution in [-0.2, 0) is 4.74 Å².